The minimum Gasteiger partial charge on any atom is -0.106 e. The van der Waals surface area contributed by atoms with Crippen molar-refractivity contribution in [2.75, 3.05) is 25.7 Å². The van der Waals surface area contributed by atoms with Gasteiger partial charge >= 0.3 is 0 Å². The quantitative estimate of drug-likeness (QED) is 0.501. The highest BCUT2D eigenvalue weighted by Crippen LogP contribution is 2.67. The van der Waals surface area contributed by atoms with Gasteiger partial charge in [-0.2, -0.15) is 0 Å². The van der Waals surface area contributed by atoms with Crippen LogP contribution in [-0.4, -0.2) is 36.5 Å². The van der Waals surface area contributed by atoms with Crippen LogP contribution >= 0.6 is 15.8 Å². The molecule has 0 aliphatic heterocycles. The molecule has 4 bridgehead atoms. The summed E-state index contributed by atoms with van der Waals surface area (Å²) in [6, 6.07) is 0. The van der Waals surface area contributed by atoms with Gasteiger partial charge in [-0.25, -0.2) is 0 Å². The van der Waals surface area contributed by atoms with E-state index < -0.39 is 0 Å². The van der Waals surface area contributed by atoms with Crippen LogP contribution < -0.4 is 0 Å². The second-order valence-corrected chi connectivity index (χ2v) is 14.8. The largest absolute Gasteiger partial charge is 0.106 e. The molecule has 0 aromatic heterocycles. The Morgan fingerprint density at radius 1 is 0.773 bits per heavy atom. The second-order valence-electron chi connectivity index (χ2n) is 9.34. The Labute approximate surface area is 141 Å². The Balaban J connectivity index is 1.33. The summed E-state index contributed by atoms with van der Waals surface area (Å²) in [7, 11) is 0.652. The van der Waals surface area contributed by atoms with Crippen molar-refractivity contribution < 1.29 is 0 Å². The highest BCUT2D eigenvalue weighted by atomic mass is 31.1. The van der Waals surface area contributed by atoms with Gasteiger partial charge in [0.25, 0.3) is 0 Å². The van der Waals surface area contributed by atoms with Crippen LogP contribution in [0.2, 0.25) is 0 Å². The van der Waals surface area contributed by atoms with Crippen LogP contribution in [0.15, 0.2) is 0 Å². The van der Waals surface area contributed by atoms with Crippen LogP contribution in [0.5, 0.6) is 0 Å². The minimum atomic E-state index is 0.308. The highest BCUT2D eigenvalue weighted by molar-refractivity contribution is 7.62. The molecule has 2 heteroatoms. The van der Waals surface area contributed by atoms with Crippen LogP contribution in [0.3, 0.4) is 0 Å². The van der Waals surface area contributed by atoms with Crippen LogP contribution in [-0.2, 0) is 0 Å². The van der Waals surface area contributed by atoms with Crippen molar-refractivity contribution in [3.05, 3.63) is 0 Å². The van der Waals surface area contributed by atoms with Crippen LogP contribution in [0, 0.1) is 17.8 Å². The SMILES string of the molecule is C[P@@](CC[P@](C)C12CC3CC(CC(C3)C1)C2)C1CCCCC1. The van der Waals surface area contributed by atoms with Crippen molar-refractivity contribution in [1.29, 1.82) is 0 Å². The van der Waals surface area contributed by atoms with Crippen molar-refractivity contribution in [2.45, 2.75) is 81.4 Å². The van der Waals surface area contributed by atoms with E-state index in [0.717, 1.165) is 28.6 Å². The molecule has 0 radical (unpaired) electrons. The molecule has 5 fully saturated rings. The lowest BCUT2D eigenvalue weighted by molar-refractivity contribution is 0.0357. The molecule has 0 aromatic rings. The minimum absolute atomic E-state index is 0.308. The third-order valence-corrected chi connectivity index (χ3v) is 13.9. The molecule has 2 atom stereocenters. The fourth-order valence-electron chi connectivity index (χ4n) is 6.78. The maximum Gasteiger partial charge on any atom is -0.00888 e. The molecule has 0 saturated heterocycles. The first-order valence-corrected chi connectivity index (χ1v) is 14.1. The lowest BCUT2D eigenvalue weighted by Gasteiger charge is -2.59. The first-order chi connectivity index (χ1) is 10.6. The third kappa shape index (κ3) is 3.18. The highest BCUT2D eigenvalue weighted by Gasteiger charge is 2.52. The van der Waals surface area contributed by atoms with Gasteiger partial charge in [-0.1, -0.05) is 19.3 Å². The Bertz CT molecular complexity index is 350. The summed E-state index contributed by atoms with van der Waals surface area (Å²) in [6.45, 7) is 5.36. The maximum atomic E-state index is 2.71. The molecule has 0 heterocycles. The summed E-state index contributed by atoms with van der Waals surface area (Å²) in [5.74, 6) is 3.45. The zero-order chi connectivity index (χ0) is 15.2. The normalized spacial score (nSPS) is 44.2. The first-order valence-electron chi connectivity index (χ1n) is 10.1. The van der Waals surface area contributed by atoms with Gasteiger partial charge in [0, 0.05) is 0 Å². The van der Waals surface area contributed by atoms with E-state index in [-0.39, 0.29) is 0 Å². The van der Waals surface area contributed by atoms with Gasteiger partial charge in [-0.3, -0.25) is 0 Å². The van der Waals surface area contributed by atoms with E-state index in [1.807, 2.05) is 0 Å². The zero-order valence-electron chi connectivity index (χ0n) is 14.9. The molecule has 5 aliphatic carbocycles. The monoisotopic (exact) mass is 338 g/mol. The fourth-order valence-corrected chi connectivity index (χ4v) is 13.0. The summed E-state index contributed by atoms with van der Waals surface area (Å²) in [6.07, 6.45) is 20.8. The van der Waals surface area contributed by atoms with Crippen molar-refractivity contribution in [3.8, 4) is 0 Å². The Morgan fingerprint density at radius 2 is 1.32 bits per heavy atom. The van der Waals surface area contributed by atoms with Crippen LogP contribution in [0.1, 0.15) is 70.6 Å². The van der Waals surface area contributed by atoms with Gasteiger partial charge in [-0.05, 0) is 106 Å². The zero-order valence-corrected chi connectivity index (χ0v) is 16.7. The van der Waals surface area contributed by atoms with Crippen LogP contribution in [0.4, 0.5) is 0 Å². The summed E-state index contributed by atoms with van der Waals surface area (Å²) >= 11 is 0. The van der Waals surface area contributed by atoms with Crippen molar-refractivity contribution in [3.63, 3.8) is 0 Å². The summed E-state index contributed by atoms with van der Waals surface area (Å²) < 4.78 is 0. The van der Waals surface area contributed by atoms with E-state index in [1.165, 1.54) is 19.3 Å². The predicted octanol–water partition coefficient (Wildman–Crippen LogP) is 6.51. The lowest BCUT2D eigenvalue weighted by Crippen LogP contribution is -2.49. The number of rotatable bonds is 5. The van der Waals surface area contributed by atoms with Gasteiger partial charge in [0.05, 0.1) is 0 Å². The van der Waals surface area contributed by atoms with Crippen molar-refractivity contribution in [1.82, 2.24) is 0 Å². The van der Waals surface area contributed by atoms with E-state index in [1.54, 1.807) is 63.7 Å². The fraction of sp³-hybridized carbons (Fsp3) is 1.00. The third-order valence-electron chi connectivity index (χ3n) is 7.80. The van der Waals surface area contributed by atoms with E-state index >= 15 is 0 Å². The Morgan fingerprint density at radius 3 is 1.86 bits per heavy atom. The molecule has 5 saturated carbocycles. The number of hydrogen-bond donors (Lipinski definition) is 0. The van der Waals surface area contributed by atoms with Gasteiger partial charge < -0.3 is 0 Å². The van der Waals surface area contributed by atoms with Crippen molar-refractivity contribution in [2.24, 2.45) is 17.8 Å². The van der Waals surface area contributed by atoms with Crippen LogP contribution in [0.25, 0.3) is 0 Å². The Hall–Kier alpha value is 0.860. The summed E-state index contributed by atoms with van der Waals surface area (Å²) in [4.78, 5) is 0. The molecule has 5 aliphatic rings. The van der Waals surface area contributed by atoms with Gasteiger partial charge in [0.15, 0.2) is 0 Å². The van der Waals surface area contributed by atoms with E-state index in [4.69, 9.17) is 0 Å². The lowest BCUT2D eigenvalue weighted by atomic mass is 9.56. The average Bonchev–Trinajstić information content (AvgIpc) is 2.51. The van der Waals surface area contributed by atoms with E-state index in [9.17, 15) is 0 Å². The molecular formula is C20H36P2. The summed E-state index contributed by atoms with van der Waals surface area (Å²) in [5, 5.41) is 0.868. The standard InChI is InChI=1S/C20H36P2/c1-21(19-6-4-3-5-7-19)8-9-22(2)20-13-16-10-17(14-20)12-18(11-16)15-20/h16-19H,3-15H2,1-2H3/t16?,17?,18?,20?,21-,22-/m0/s1. The molecule has 5 rings (SSSR count). The molecule has 0 aromatic carbocycles. The second kappa shape index (κ2) is 6.64. The van der Waals surface area contributed by atoms with Gasteiger partial charge in [0.2, 0.25) is 0 Å². The molecule has 0 nitrogen and oxygen atoms in total. The smallest absolute Gasteiger partial charge is 0.00888 e. The van der Waals surface area contributed by atoms with Crippen molar-refractivity contribution >= 4 is 15.8 Å². The molecular weight excluding hydrogens is 302 g/mol. The Kier molecular flexibility index (Phi) is 4.93. The predicted molar refractivity (Wildman–Crippen MR) is 103 cm³/mol. The molecule has 0 unspecified atom stereocenters. The average molecular weight is 338 g/mol. The first kappa shape index (κ1) is 16.3. The molecule has 0 spiro atoms. The molecule has 22 heavy (non-hydrogen) atoms. The summed E-state index contributed by atoms with van der Waals surface area (Å²) in [5.41, 5.74) is 1.14. The molecule has 0 N–H and O–H groups in total. The topological polar surface area (TPSA) is 0 Å². The number of hydrogen-bond acceptors (Lipinski definition) is 0. The van der Waals surface area contributed by atoms with E-state index in [0.29, 0.717) is 15.8 Å². The van der Waals surface area contributed by atoms with Gasteiger partial charge in [-0.15, -0.1) is 15.8 Å². The molecule has 126 valence electrons. The maximum absolute atomic E-state index is 2.71. The van der Waals surface area contributed by atoms with Gasteiger partial charge in [0.1, 0.15) is 0 Å². The molecule has 0 amide bonds. The van der Waals surface area contributed by atoms with E-state index in [2.05, 4.69) is 13.3 Å².